The van der Waals surface area contributed by atoms with Gasteiger partial charge in [-0.1, -0.05) is 22.0 Å². The van der Waals surface area contributed by atoms with Crippen molar-refractivity contribution >= 4 is 55.9 Å². The normalized spacial score (nSPS) is 20.6. The minimum atomic E-state index is -0.443. The van der Waals surface area contributed by atoms with Crippen molar-refractivity contribution in [2.75, 3.05) is 23.4 Å². The maximum Gasteiger partial charge on any atom is 0.315 e. The molecule has 152 valence electrons. The molecule has 1 fully saturated rings. The summed E-state index contributed by atoms with van der Waals surface area (Å²) in [6.45, 7) is 2.45. The number of aromatic nitrogens is 1. The average molecular weight is 478 g/mol. The molecule has 0 unspecified atom stereocenters. The number of nitrogens with one attached hydrogen (secondary N) is 1. The second kappa shape index (κ2) is 8.23. The Balaban J connectivity index is 1.42. The van der Waals surface area contributed by atoms with Gasteiger partial charge in [-0.25, -0.2) is 4.98 Å². The third-order valence-electron chi connectivity index (χ3n) is 5.13. The molecular weight excluding hydrogens is 458 g/mol. The van der Waals surface area contributed by atoms with E-state index in [9.17, 15) is 14.4 Å². The maximum absolute atomic E-state index is 12.7. The van der Waals surface area contributed by atoms with E-state index in [1.165, 1.54) is 11.3 Å². The second-order valence-corrected chi connectivity index (χ2v) is 9.04. The third-order valence-corrected chi connectivity index (χ3v) is 6.67. The van der Waals surface area contributed by atoms with Crippen LogP contribution in [0.4, 0.5) is 10.8 Å². The van der Waals surface area contributed by atoms with E-state index in [2.05, 4.69) is 26.2 Å². The molecule has 2 amide bonds. The van der Waals surface area contributed by atoms with E-state index < -0.39 is 5.92 Å². The second-order valence-electron chi connectivity index (χ2n) is 7.05. The van der Waals surface area contributed by atoms with Crippen molar-refractivity contribution in [3.8, 4) is 0 Å². The number of amides is 2. The van der Waals surface area contributed by atoms with Crippen LogP contribution in [0.1, 0.15) is 36.3 Å². The van der Waals surface area contributed by atoms with E-state index in [0.29, 0.717) is 30.4 Å². The molecule has 1 aliphatic heterocycles. The molecule has 9 heteroatoms. The lowest BCUT2D eigenvalue weighted by Crippen LogP contribution is -2.28. The highest BCUT2D eigenvalue weighted by molar-refractivity contribution is 9.10. The van der Waals surface area contributed by atoms with Gasteiger partial charge in [0, 0.05) is 28.0 Å². The Labute approximate surface area is 180 Å². The topological polar surface area (TPSA) is 88.6 Å². The van der Waals surface area contributed by atoms with Gasteiger partial charge in [-0.15, -0.1) is 11.3 Å². The van der Waals surface area contributed by atoms with Gasteiger partial charge in [-0.05, 0) is 38.0 Å². The molecule has 2 aromatic rings. The first kappa shape index (κ1) is 20.0. The Morgan fingerprint density at radius 1 is 1.41 bits per heavy atom. The van der Waals surface area contributed by atoms with Crippen LogP contribution in [0.2, 0.25) is 0 Å². The molecule has 2 atom stereocenters. The molecule has 4 rings (SSSR count). The Morgan fingerprint density at radius 3 is 3.00 bits per heavy atom. The highest BCUT2D eigenvalue weighted by Crippen LogP contribution is 2.39. The Kier molecular flexibility index (Phi) is 5.69. The molecule has 7 nitrogen and oxygen atoms in total. The van der Waals surface area contributed by atoms with Gasteiger partial charge in [-0.2, -0.15) is 0 Å². The van der Waals surface area contributed by atoms with Crippen LogP contribution >= 0.6 is 27.3 Å². The molecule has 1 aromatic heterocycles. The Bertz CT molecular complexity index is 976. The minimum Gasteiger partial charge on any atom is -0.465 e. The van der Waals surface area contributed by atoms with Crippen LogP contribution in [0.5, 0.6) is 0 Å². The van der Waals surface area contributed by atoms with Crippen molar-refractivity contribution in [2.24, 2.45) is 5.92 Å². The lowest BCUT2D eigenvalue weighted by Gasteiger charge is -2.16. The first-order valence-corrected chi connectivity index (χ1v) is 11.1. The summed E-state index contributed by atoms with van der Waals surface area (Å²) in [6.07, 6.45) is 1.61. The molecule has 1 aliphatic carbocycles. The number of benzene rings is 1. The van der Waals surface area contributed by atoms with E-state index in [1.807, 2.05) is 24.3 Å². The summed E-state index contributed by atoms with van der Waals surface area (Å²) < 4.78 is 6.00. The predicted molar refractivity (Wildman–Crippen MR) is 113 cm³/mol. The lowest BCUT2D eigenvalue weighted by molar-refractivity contribution is -0.145. The van der Waals surface area contributed by atoms with Gasteiger partial charge in [0.25, 0.3) is 0 Å². The van der Waals surface area contributed by atoms with E-state index >= 15 is 0 Å². The van der Waals surface area contributed by atoms with E-state index in [-0.39, 0.29) is 30.1 Å². The van der Waals surface area contributed by atoms with Crippen LogP contribution < -0.4 is 10.2 Å². The first-order valence-electron chi connectivity index (χ1n) is 9.49. The summed E-state index contributed by atoms with van der Waals surface area (Å²) in [4.78, 5) is 44.3. The number of aryl methyl sites for hydroxylation is 1. The van der Waals surface area contributed by atoms with Crippen molar-refractivity contribution in [3.05, 3.63) is 39.3 Å². The van der Waals surface area contributed by atoms with Crippen LogP contribution in [0.3, 0.4) is 0 Å². The summed E-state index contributed by atoms with van der Waals surface area (Å²) in [5.41, 5.74) is 1.48. The van der Waals surface area contributed by atoms with Crippen molar-refractivity contribution in [3.63, 3.8) is 0 Å². The Morgan fingerprint density at radius 2 is 2.24 bits per heavy atom. The lowest BCUT2D eigenvalue weighted by atomic mass is 10.1. The fraction of sp³-hybridized carbons (Fsp3) is 0.400. The molecular formula is C20H20BrN3O4S. The highest BCUT2D eigenvalue weighted by Gasteiger charge is 2.37. The average Bonchev–Trinajstić information content (AvgIpc) is 3.35. The molecule has 2 aliphatic rings. The zero-order valence-corrected chi connectivity index (χ0v) is 18.2. The standard InChI is InChI=1S/C20H20BrN3O4S/c1-2-28-19(27)14-6-7-15-17(14)22-20(29-15)23-18(26)11-8-16(25)24(10-11)13-5-3-4-12(21)9-13/h3-5,9,11,14H,2,6-8,10H2,1H3,(H,22,23,26)/t11-,14-/m1/s1. The number of carbonyl (C=O) groups excluding carboxylic acids is 3. The van der Waals surface area contributed by atoms with Gasteiger partial charge in [-0.3, -0.25) is 14.4 Å². The van der Waals surface area contributed by atoms with Crippen LogP contribution in [0.15, 0.2) is 28.7 Å². The molecule has 0 saturated carbocycles. The summed E-state index contributed by atoms with van der Waals surface area (Å²) in [5.74, 6) is -1.36. The van der Waals surface area contributed by atoms with Crippen LogP contribution in [0, 0.1) is 5.92 Å². The zero-order valence-electron chi connectivity index (χ0n) is 15.8. The molecule has 0 radical (unpaired) electrons. The maximum atomic E-state index is 12.7. The third kappa shape index (κ3) is 4.06. The van der Waals surface area contributed by atoms with Gasteiger partial charge in [0.1, 0.15) is 5.92 Å². The van der Waals surface area contributed by atoms with Crippen molar-refractivity contribution in [1.29, 1.82) is 0 Å². The van der Waals surface area contributed by atoms with Gasteiger partial charge in [0.2, 0.25) is 11.8 Å². The molecule has 1 aromatic carbocycles. The quantitative estimate of drug-likeness (QED) is 0.665. The predicted octanol–water partition coefficient (Wildman–Crippen LogP) is 3.49. The van der Waals surface area contributed by atoms with Crippen LogP contribution in [-0.2, 0) is 25.5 Å². The number of anilines is 2. The molecule has 1 saturated heterocycles. The zero-order chi connectivity index (χ0) is 20.5. The smallest absolute Gasteiger partial charge is 0.315 e. The van der Waals surface area contributed by atoms with Gasteiger partial charge in [0.05, 0.1) is 18.2 Å². The van der Waals surface area contributed by atoms with Gasteiger partial charge >= 0.3 is 5.97 Å². The van der Waals surface area contributed by atoms with Gasteiger partial charge in [0.15, 0.2) is 5.13 Å². The molecule has 1 N–H and O–H groups in total. The van der Waals surface area contributed by atoms with E-state index in [1.54, 1.807) is 11.8 Å². The van der Waals surface area contributed by atoms with Crippen LogP contribution in [-0.4, -0.2) is 35.9 Å². The number of hydrogen-bond donors (Lipinski definition) is 1. The number of hydrogen-bond acceptors (Lipinski definition) is 6. The number of nitrogens with zero attached hydrogens (tertiary/aromatic N) is 2. The number of esters is 1. The number of ether oxygens (including phenoxy) is 1. The van der Waals surface area contributed by atoms with E-state index in [4.69, 9.17) is 4.74 Å². The highest BCUT2D eigenvalue weighted by atomic mass is 79.9. The molecule has 0 spiro atoms. The van der Waals surface area contributed by atoms with Crippen molar-refractivity contribution in [2.45, 2.75) is 32.1 Å². The largest absolute Gasteiger partial charge is 0.465 e. The first-order chi connectivity index (χ1) is 14.0. The van der Waals surface area contributed by atoms with Crippen molar-refractivity contribution < 1.29 is 19.1 Å². The molecule has 29 heavy (non-hydrogen) atoms. The summed E-state index contributed by atoms with van der Waals surface area (Å²) in [7, 11) is 0. The number of halogens is 1. The van der Waals surface area contributed by atoms with Gasteiger partial charge < -0.3 is 15.0 Å². The number of fused-ring (bicyclic) bond motifs is 1. The fourth-order valence-electron chi connectivity index (χ4n) is 3.74. The number of thiazole rings is 1. The number of rotatable bonds is 5. The minimum absolute atomic E-state index is 0.0766. The van der Waals surface area contributed by atoms with Crippen molar-refractivity contribution in [1.82, 2.24) is 4.98 Å². The summed E-state index contributed by atoms with van der Waals surface area (Å²) in [5, 5.41) is 3.31. The van der Waals surface area contributed by atoms with E-state index in [0.717, 1.165) is 21.5 Å². The summed E-state index contributed by atoms with van der Waals surface area (Å²) >= 11 is 4.80. The molecule has 2 heterocycles. The van der Waals surface area contributed by atoms with Crippen LogP contribution in [0.25, 0.3) is 0 Å². The SMILES string of the molecule is CCOC(=O)[C@@H]1CCc2sc(NC(=O)[C@@H]3CC(=O)N(c4cccc(Br)c4)C3)nc21. The Hall–Kier alpha value is -2.26. The monoisotopic (exact) mass is 477 g/mol. The molecule has 0 bridgehead atoms. The number of carbonyl (C=O) groups is 3. The fourth-order valence-corrected chi connectivity index (χ4v) is 5.17. The summed E-state index contributed by atoms with van der Waals surface area (Å²) in [6, 6.07) is 7.46.